The summed E-state index contributed by atoms with van der Waals surface area (Å²) in [6.45, 7) is 2.11. The Morgan fingerprint density at radius 1 is 1.43 bits per heavy atom. The summed E-state index contributed by atoms with van der Waals surface area (Å²) in [5.74, 6) is 0.969. The van der Waals surface area contributed by atoms with Gasteiger partial charge in [-0.25, -0.2) is 0 Å². The molecule has 14 heavy (non-hydrogen) atoms. The summed E-state index contributed by atoms with van der Waals surface area (Å²) in [7, 11) is 0. The van der Waals surface area contributed by atoms with E-state index in [9.17, 15) is 0 Å². The van der Waals surface area contributed by atoms with E-state index in [1.54, 1.807) is 28.6 Å². The van der Waals surface area contributed by atoms with Gasteiger partial charge < -0.3 is 0 Å². The van der Waals surface area contributed by atoms with Gasteiger partial charge in [0.2, 0.25) is 0 Å². The van der Waals surface area contributed by atoms with Gasteiger partial charge in [0.25, 0.3) is 0 Å². The molecule has 1 heterocycles. The number of hydrogen-bond acceptors (Lipinski definition) is 4. The minimum atomic E-state index is 0.969. The van der Waals surface area contributed by atoms with Crippen molar-refractivity contribution in [2.75, 3.05) is 0 Å². The Labute approximate surface area is 91.4 Å². The molecule has 0 radical (unpaired) electrons. The monoisotopic (exact) mass is 222 g/mol. The molecule has 0 spiro atoms. The maximum atomic E-state index is 3.99. The van der Waals surface area contributed by atoms with Crippen molar-refractivity contribution >= 4 is 23.1 Å². The van der Waals surface area contributed by atoms with Crippen molar-refractivity contribution in [3.8, 4) is 0 Å². The smallest absolute Gasteiger partial charge is 0.146 e. The Bertz CT molecular complexity index is 398. The Hall–Kier alpha value is -0.870. The van der Waals surface area contributed by atoms with E-state index in [1.165, 1.54) is 11.1 Å². The second-order valence-electron chi connectivity index (χ2n) is 2.98. The fourth-order valence-electron chi connectivity index (χ4n) is 1.17. The predicted molar refractivity (Wildman–Crippen MR) is 60.6 cm³/mol. The molecule has 1 aromatic heterocycles. The van der Waals surface area contributed by atoms with Crippen molar-refractivity contribution in [1.29, 1.82) is 0 Å². The zero-order chi connectivity index (χ0) is 9.80. The topological polar surface area (TPSA) is 25.8 Å². The normalized spacial score (nSPS) is 10.4. The molecule has 0 amide bonds. The van der Waals surface area contributed by atoms with Crippen LogP contribution < -0.4 is 0 Å². The Balaban J connectivity index is 1.98. The van der Waals surface area contributed by atoms with Crippen LogP contribution in [-0.4, -0.2) is 10.2 Å². The van der Waals surface area contributed by atoms with Gasteiger partial charge in [0.1, 0.15) is 5.51 Å². The zero-order valence-electron chi connectivity index (χ0n) is 7.80. The second-order valence-corrected chi connectivity index (χ2v) is 5.04. The predicted octanol–water partition coefficient (Wildman–Crippen LogP) is 3.14. The van der Waals surface area contributed by atoms with Crippen LogP contribution in [0.15, 0.2) is 34.1 Å². The van der Waals surface area contributed by atoms with Crippen LogP contribution in [0.1, 0.15) is 11.1 Å². The first-order valence-electron chi connectivity index (χ1n) is 4.29. The lowest BCUT2D eigenvalue weighted by atomic mass is 10.2. The number of nitrogens with zero attached hydrogens (tertiary/aromatic N) is 2. The molecule has 0 aliphatic carbocycles. The van der Waals surface area contributed by atoms with E-state index in [0.717, 1.165) is 10.1 Å². The fraction of sp³-hybridized carbons (Fsp3) is 0.200. The lowest BCUT2D eigenvalue weighted by Crippen LogP contribution is -1.81. The number of hydrogen-bond donors (Lipinski definition) is 0. The van der Waals surface area contributed by atoms with Gasteiger partial charge in [-0.1, -0.05) is 52.9 Å². The summed E-state index contributed by atoms with van der Waals surface area (Å²) >= 11 is 3.32. The van der Waals surface area contributed by atoms with Crippen LogP contribution in [0.3, 0.4) is 0 Å². The van der Waals surface area contributed by atoms with Crippen molar-refractivity contribution in [3.05, 3.63) is 40.9 Å². The molecule has 0 aliphatic rings. The van der Waals surface area contributed by atoms with Crippen LogP contribution in [0.4, 0.5) is 0 Å². The summed E-state index contributed by atoms with van der Waals surface area (Å²) < 4.78 is 1.03. The highest BCUT2D eigenvalue weighted by atomic mass is 32.2. The number of aromatic nitrogens is 2. The van der Waals surface area contributed by atoms with Crippen LogP contribution in [0.5, 0.6) is 0 Å². The Morgan fingerprint density at radius 2 is 2.36 bits per heavy atom. The molecule has 0 bridgehead atoms. The average molecular weight is 222 g/mol. The van der Waals surface area contributed by atoms with Crippen molar-refractivity contribution in [1.82, 2.24) is 10.2 Å². The third-order valence-electron chi connectivity index (χ3n) is 1.78. The SMILES string of the molecule is Cc1cccc(CSc2nncs2)c1. The average Bonchev–Trinajstić information content (AvgIpc) is 2.67. The highest BCUT2D eigenvalue weighted by molar-refractivity contribution is 8.00. The third-order valence-corrected chi connectivity index (χ3v) is 3.72. The van der Waals surface area contributed by atoms with Crippen molar-refractivity contribution in [2.45, 2.75) is 17.0 Å². The molecule has 1 aromatic carbocycles. The first kappa shape index (κ1) is 9.68. The number of rotatable bonds is 3. The first-order valence-corrected chi connectivity index (χ1v) is 6.15. The van der Waals surface area contributed by atoms with E-state index in [0.29, 0.717) is 0 Å². The molecule has 0 N–H and O–H groups in total. The van der Waals surface area contributed by atoms with Gasteiger partial charge in [-0.2, -0.15) is 0 Å². The minimum absolute atomic E-state index is 0.969. The summed E-state index contributed by atoms with van der Waals surface area (Å²) in [4.78, 5) is 0. The second kappa shape index (κ2) is 4.57. The molecular formula is C10H10N2S2. The highest BCUT2D eigenvalue weighted by Crippen LogP contribution is 2.23. The number of aryl methyl sites for hydroxylation is 1. The first-order chi connectivity index (χ1) is 6.84. The molecule has 2 rings (SSSR count). The van der Waals surface area contributed by atoms with Crippen molar-refractivity contribution in [3.63, 3.8) is 0 Å². The summed E-state index contributed by atoms with van der Waals surface area (Å²) in [6, 6.07) is 8.54. The number of benzene rings is 1. The quantitative estimate of drug-likeness (QED) is 0.746. The lowest BCUT2D eigenvalue weighted by Gasteiger charge is -1.99. The van der Waals surface area contributed by atoms with Gasteiger partial charge in [-0.05, 0) is 12.5 Å². The molecule has 0 atom stereocenters. The molecule has 72 valence electrons. The highest BCUT2D eigenvalue weighted by Gasteiger charge is 1.98. The molecule has 0 aliphatic heterocycles. The van der Waals surface area contributed by atoms with Gasteiger partial charge in [0.15, 0.2) is 4.34 Å². The summed E-state index contributed by atoms with van der Waals surface area (Å²) in [6.07, 6.45) is 0. The van der Waals surface area contributed by atoms with Crippen molar-refractivity contribution < 1.29 is 0 Å². The maximum Gasteiger partial charge on any atom is 0.174 e. The Kier molecular flexibility index (Phi) is 3.16. The minimum Gasteiger partial charge on any atom is -0.146 e. The molecule has 0 saturated carbocycles. The van der Waals surface area contributed by atoms with Crippen LogP contribution in [-0.2, 0) is 5.75 Å². The molecule has 2 nitrogen and oxygen atoms in total. The van der Waals surface area contributed by atoms with Crippen LogP contribution in [0.25, 0.3) is 0 Å². The molecule has 2 aromatic rings. The zero-order valence-corrected chi connectivity index (χ0v) is 9.44. The molecule has 0 unspecified atom stereocenters. The molecule has 0 fully saturated rings. The van der Waals surface area contributed by atoms with Crippen LogP contribution in [0, 0.1) is 6.92 Å². The van der Waals surface area contributed by atoms with Gasteiger partial charge in [0, 0.05) is 5.75 Å². The molecular weight excluding hydrogens is 212 g/mol. The van der Waals surface area contributed by atoms with Gasteiger partial charge >= 0.3 is 0 Å². The van der Waals surface area contributed by atoms with E-state index in [1.807, 2.05) is 0 Å². The fourth-order valence-corrected chi connectivity index (χ4v) is 2.60. The van der Waals surface area contributed by atoms with Gasteiger partial charge in [-0.15, -0.1) is 10.2 Å². The summed E-state index contributed by atoms with van der Waals surface area (Å²) in [5.41, 5.74) is 4.41. The summed E-state index contributed by atoms with van der Waals surface area (Å²) in [5, 5.41) is 7.78. The van der Waals surface area contributed by atoms with E-state index < -0.39 is 0 Å². The standard InChI is InChI=1S/C10H10N2S2/c1-8-3-2-4-9(5-8)6-13-10-12-11-7-14-10/h2-5,7H,6H2,1H3. The van der Waals surface area contributed by atoms with E-state index in [4.69, 9.17) is 0 Å². The van der Waals surface area contributed by atoms with Gasteiger partial charge in [0.05, 0.1) is 0 Å². The third kappa shape index (κ3) is 2.56. The van der Waals surface area contributed by atoms with E-state index in [-0.39, 0.29) is 0 Å². The van der Waals surface area contributed by atoms with Gasteiger partial charge in [-0.3, -0.25) is 0 Å². The maximum absolute atomic E-state index is 3.99. The molecule has 4 heteroatoms. The number of thioether (sulfide) groups is 1. The largest absolute Gasteiger partial charge is 0.174 e. The van der Waals surface area contributed by atoms with Crippen LogP contribution in [0.2, 0.25) is 0 Å². The Morgan fingerprint density at radius 3 is 3.07 bits per heavy atom. The van der Waals surface area contributed by atoms with E-state index >= 15 is 0 Å². The van der Waals surface area contributed by atoms with Crippen LogP contribution >= 0.6 is 23.1 Å². The molecule has 0 saturated heterocycles. The van der Waals surface area contributed by atoms with E-state index in [2.05, 4.69) is 41.4 Å². The lowest BCUT2D eigenvalue weighted by molar-refractivity contribution is 1.01. The van der Waals surface area contributed by atoms with Crippen molar-refractivity contribution in [2.24, 2.45) is 0 Å².